The molecule has 0 bridgehead atoms. The van der Waals surface area contributed by atoms with Crippen molar-refractivity contribution in [3.05, 3.63) is 94.6 Å². The number of hydrogen-bond acceptors (Lipinski definition) is 7. The topological polar surface area (TPSA) is 66.1 Å². The molecule has 3 fully saturated rings. The molecule has 10 heteroatoms. The molecular weight excluding hydrogens is 705 g/mol. The van der Waals surface area contributed by atoms with E-state index in [9.17, 15) is 4.79 Å². The fraction of sp³-hybridized carbons (Fsp3) is 0.587. The fourth-order valence-electron chi connectivity index (χ4n) is 9.47. The molecule has 4 aliphatic heterocycles. The Morgan fingerprint density at radius 2 is 1.62 bits per heavy atom. The Hall–Kier alpha value is -3.41. The van der Waals surface area contributed by atoms with Gasteiger partial charge in [-0.2, -0.15) is 0 Å². The lowest BCUT2D eigenvalue weighted by atomic mass is 9.88. The molecule has 3 N–H and O–H groups in total. The maximum Gasteiger partial charge on any atom is 0.275 e. The number of hydrogen-bond donors (Lipinski definition) is 3. The van der Waals surface area contributed by atoms with Crippen molar-refractivity contribution in [3.63, 3.8) is 0 Å². The molecule has 0 aliphatic carbocycles. The Kier molecular flexibility index (Phi) is 14.9. The molecule has 4 heterocycles. The molecule has 6 rings (SSSR count). The summed E-state index contributed by atoms with van der Waals surface area (Å²) in [7, 11) is 1.97. The number of benzene rings is 2. The van der Waals surface area contributed by atoms with Crippen molar-refractivity contribution in [1.29, 1.82) is 0 Å². The van der Waals surface area contributed by atoms with Crippen molar-refractivity contribution in [1.82, 2.24) is 30.3 Å². The van der Waals surface area contributed by atoms with E-state index in [1.807, 2.05) is 33.9 Å². The zero-order valence-corrected chi connectivity index (χ0v) is 34.5. The van der Waals surface area contributed by atoms with Crippen LogP contribution in [-0.4, -0.2) is 117 Å². The van der Waals surface area contributed by atoms with E-state index in [0.29, 0.717) is 37.9 Å². The SMILES string of the molecule is C=C(/C=C(\C)CN1CCC(c2ccc(C(=O)N3CCC(CN4CCC(N(CCC)CCC)C(F)(F)C4)CC3)cc2)CC1)/C(=C\CNC)c1ccc2c(c1)CNN2. The second-order valence-corrected chi connectivity index (χ2v) is 16.8. The number of fused-ring (bicyclic) bond motifs is 1. The third-order valence-corrected chi connectivity index (χ3v) is 12.4. The fourth-order valence-corrected chi connectivity index (χ4v) is 9.47. The maximum atomic E-state index is 15.3. The Morgan fingerprint density at radius 1 is 0.946 bits per heavy atom. The molecule has 2 aromatic carbocycles. The minimum Gasteiger partial charge on any atom is -0.339 e. The van der Waals surface area contributed by atoms with Gasteiger partial charge in [0.05, 0.1) is 18.3 Å². The Balaban J connectivity index is 0.936. The second-order valence-electron chi connectivity index (χ2n) is 16.8. The van der Waals surface area contributed by atoms with Crippen LogP contribution in [0.3, 0.4) is 0 Å². The smallest absolute Gasteiger partial charge is 0.275 e. The first-order valence-corrected chi connectivity index (χ1v) is 21.4. The number of amides is 1. The number of carbonyl (C=O) groups excluding carboxylic acids is 1. The number of nitrogens with one attached hydrogen (secondary N) is 3. The highest BCUT2D eigenvalue weighted by atomic mass is 19.3. The summed E-state index contributed by atoms with van der Waals surface area (Å²) < 4.78 is 30.7. The van der Waals surface area contributed by atoms with Gasteiger partial charge in [-0.15, -0.1) is 0 Å². The monoisotopic (exact) mass is 772 g/mol. The summed E-state index contributed by atoms with van der Waals surface area (Å²) in [4.78, 5) is 22.0. The van der Waals surface area contributed by atoms with E-state index >= 15 is 8.78 Å². The summed E-state index contributed by atoms with van der Waals surface area (Å²) in [5, 5.41) is 3.25. The highest BCUT2D eigenvalue weighted by Gasteiger charge is 2.47. The summed E-state index contributed by atoms with van der Waals surface area (Å²) in [6.45, 7) is 19.6. The number of allylic oxidation sites excluding steroid dienone is 3. The summed E-state index contributed by atoms with van der Waals surface area (Å²) >= 11 is 0. The largest absolute Gasteiger partial charge is 0.339 e. The average Bonchev–Trinajstić information content (AvgIpc) is 3.66. The number of halogens is 2. The van der Waals surface area contributed by atoms with Crippen LogP contribution in [0.15, 0.2) is 72.3 Å². The predicted molar refractivity (Wildman–Crippen MR) is 227 cm³/mol. The lowest BCUT2D eigenvalue weighted by Gasteiger charge is -2.45. The molecule has 4 aliphatic rings. The Bertz CT molecular complexity index is 1670. The third-order valence-electron chi connectivity index (χ3n) is 12.4. The highest BCUT2D eigenvalue weighted by Crippen LogP contribution is 2.34. The van der Waals surface area contributed by atoms with Gasteiger partial charge < -0.3 is 15.6 Å². The van der Waals surface area contributed by atoms with Crippen LogP contribution in [0.1, 0.15) is 98.7 Å². The number of alkyl halides is 2. The predicted octanol–water partition coefficient (Wildman–Crippen LogP) is 7.79. The maximum absolute atomic E-state index is 15.3. The van der Waals surface area contributed by atoms with Crippen molar-refractivity contribution in [2.75, 3.05) is 84.5 Å². The van der Waals surface area contributed by atoms with Crippen LogP contribution < -0.4 is 16.2 Å². The zero-order chi connectivity index (χ0) is 39.7. The van der Waals surface area contributed by atoms with E-state index in [-0.39, 0.29) is 12.5 Å². The Labute approximate surface area is 335 Å². The van der Waals surface area contributed by atoms with Gasteiger partial charge in [0, 0.05) is 51.4 Å². The molecular formula is C46H67F2N7O. The number of likely N-dealkylation sites (N-methyl/N-ethyl adjacent to an activating group) is 1. The number of piperidine rings is 3. The van der Waals surface area contributed by atoms with E-state index in [4.69, 9.17) is 0 Å². The molecule has 1 atom stereocenters. The number of rotatable bonds is 16. The van der Waals surface area contributed by atoms with Gasteiger partial charge in [-0.3, -0.25) is 19.5 Å². The van der Waals surface area contributed by atoms with Crippen molar-refractivity contribution < 1.29 is 13.6 Å². The number of hydrazine groups is 1. The first-order chi connectivity index (χ1) is 27.1. The minimum atomic E-state index is -2.69. The molecule has 0 aromatic heterocycles. The van der Waals surface area contributed by atoms with E-state index in [0.717, 1.165) is 113 Å². The Morgan fingerprint density at radius 3 is 2.29 bits per heavy atom. The van der Waals surface area contributed by atoms with Gasteiger partial charge in [-0.05, 0) is 149 Å². The van der Waals surface area contributed by atoms with E-state index in [2.05, 4.69) is 90.9 Å². The molecule has 1 amide bonds. The molecule has 3 saturated heterocycles. The van der Waals surface area contributed by atoms with Gasteiger partial charge in [0.2, 0.25) is 0 Å². The van der Waals surface area contributed by atoms with Gasteiger partial charge in [-0.25, -0.2) is 14.2 Å². The lowest BCUT2D eigenvalue weighted by Crippen LogP contribution is -2.59. The van der Waals surface area contributed by atoms with Gasteiger partial charge in [-0.1, -0.05) is 56.4 Å². The quantitative estimate of drug-likeness (QED) is 0.151. The summed E-state index contributed by atoms with van der Waals surface area (Å²) in [6, 6.07) is 14.2. The van der Waals surface area contributed by atoms with E-state index in [1.54, 1.807) is 0 Å². The van der Waals surface area contributed by atoms with E-state index in [1.165, 1.54) is 22.3 Å². The molecule has 56 heavy (non-hydrogen) atoms. The number of anilines is 1. The van der Waals surface area contributed by atoms with Crippen molar-refractivity contribution in [2.24, 2.45) is 5.92 Å². The van der Waals surface area contributed by atoms with Gasteiger partial charge >= 0.3 is 0 Å². The molecule has 2 aromatic rings. The molecule has 1 unspecified atom stereocenters. The van der Waals surface area contributed by atoms with Crippen LogP contribution in [-0.2, 0) is 6.54 Å². The molecule has 8 nitrogen and oxygen atoms in total. The van der Waals surface area contributed by atoms with Crippen molar-refractivity contribution in [3.8, 4) is 0 Å². The highest BCUT2D eigenvalue weighted by molar-refractivity contribution is 5.94. The van der Waals surface area contributed by atoms with Gasteiger partial charge in [0.1, 0.15) is 0 Å². The third kappa shape index (κ3) is 10.7. The molecule has 0 spiro atoms. The van der Waals surface area contributed by atoms with Gasteiger partial charge in [0.15, 0.2) is 0 Å². The summed E-state index contributed by atoms with van der Waals surface area (Å²) in [6.07, 6.45) is 10.7. The molecule has 306 valence electrons. The van der Waals surface area contributed by atoms with E-state index < -0.39 is 12.0 Å². The number of nitrogens with zero attached hydrogens (tertiary/aromatic N) is 4. The molecule has 0 saturated carbocycles. The standard InChI is InChI=1S/C46H67F2N7O/c1-6-21-54(22-7-2)44-19-25-53(33-46(44,47)48)32-36-15-26-55(27-16-36)45(56)39-10-8-37(9-11-39)38-17-23-52(24-18-38)31-34(3)28-35(4)42(14-20-49-5)40-12-13-43-41(29-40)30-50-51-43/h8-14,28-29,36,38,44,49-51H,4,6-7,15-27,30-33H2,1-3,5H3/b34-28+,42-14+. The minimum absolute atomic E-state index is 0.0853. The first kappa shape index (κ1) is 42.2. The normalized spacial score (nSPS) is 21.7. The lowest BCUT2D eigenvalue weighted by molar-refractivity contribution is -0.129. The summed E-state index contributed by atoms with van der Waals surface area (Å²) in [5.74, 6) is -1.77. The van der Waals surface area contributed by atoms with Crippen molar-refractivity contribution in [2.45, 2.75) is 90.1 Å². The number of carbonyl (C=O) groups is 1. The summed E-state index contributed by atoms with van der Waals surface area (Å²) in [5.41, 5.74) is 15.6. The van der Waals surface area contributed by atoms with Crippen LogP contribution in [0.2, 0.25) is 0 Å². The number of likely N-dealkylation sites (tertiary alicyclic amines) is 3. The van der Waals surface area contributed by atoms with Crippen LogP contribution >= 0.6 is 0 Å². The average molecular weight is 772 g/mol. The van der Waals surface area contributed by atoms with Crippen LogP contribution in [0.25, 0.3) is 5.57 Å². The van der Waals surface area contributed by atoms with Crippen LogP contribution in [0, 0.1) is 5.92 Å². The zero-order valence-electron chi connectivity index (χ0n) is 34.5. The molecule has 0 radical (unpaired) electrons. The van der Waals surface area contributed by atoms with Crippen molar-refractivity contribution >= 4 is 17.2 Å². The van der Waals surface area contributed by atoms with Crippen LogP contribution in [0.5, 0.6) is 0 Å². The van der Waals surface area contributed by atoms with Gasteiger partial charge in [0.25, 0.3) is 11.8 Å². The first-order valence-electron chi connectivity index (χ1n) is 21.4. The second kappa shape index (κ2) is 19.8. The van der Waals surface area contributed by atoms with Crippen LogP contribution in [0.4, 0.5) is 14.5 Å².